The molecule has 3 aromatic rings. The molecule has 2 aromatic carbocycles. The minimum atomic E-state index is -0.0962. The van der Waals surface area contributed by atoms with Crippen LogP contribution in [0, 0.1) is 11.8 Å². The number of nitrogens with zero attached hydrogens (tertiary/aromatic N) is 4. The Bertz CT molecular complexity index is 1240. The molecule has 0 saturated carbocycles. The average molecular weight is 526 g/mol. The van der Waals surface area contributed by atoms with Crippen LogP contribution in [0.5, 0.6) is 5.75 Å². The standard InChI is InChI=1S/C25H28BrN5O3/c1-25(2,3)19-9-18(26)5-7-22(19)34-14-23(32)30-10-16-12-31(13-17(16)11-30)24(33)15-4-6-20-21(8-15)28-29-27-20/h4-9,16-17H,10-14H2,1-3H3,(H,27,28,29)/t16-,17-/m1/s1. The number of H-pyrrole nitrogens is 1. The second kappa shape index (κ2) is 8.69. The van der Waals surface area contributed by atoms with Gasteiger partial charge in [0.2, 0.25) is 0 Å². The molecule has 2 saturated heterocycles. The molecule has 8 nitrogen and oxygen atoms in total. The molecule has 2 amide bonds. The van der Waals surface area contributed by atoms with Gasteiger partial charge in [-0.25, -0.2) is 0 Å². The number of hydrogen-bond donors (Lipinski definition) is 1. The van der Waals surface area contributed by atoms with Crippen LogP contribution in [0.3, 0.4) is 0 Å². The topological polar surface area (TPSA) is 91.4 Å². The fraction of sp³-hybridized carbons (Fsp3) is 0.440. The summed E-state index contributed by atoms with van der Waals surface area (Å²) in [5.74, 6) is 1.32. The van der Waals surface area contributed by atoms with Gasteiger partial charge in [0.15, 0.2) is 6.61 Å². The summed E-state index contributed by atoms with van der Waals surface area (Å²) in [5.41, 5.74) is 3.07. The molecule has 178 valence electrons. The van der Waals surface area contributed by atoms with E-state index >= 15 is 0 Å². The number of carbonyl (C=O) groups excluding carboxylic acids is 2. The van der Waals surface area contributed by atoms with Crippen molar-refractivity contribution < 1.29 is 14.3 Å². The van der Waals surface area contributed by atoms with E-state index in [1.165, 1.54) is 0 Å². The van der Waals surface area contributed by atoms with Crippen molar-refractivity contribution in [3.05, 3.63) is 52.0 Å². The average Bonchev–Trinajstić information content (AvgIpc) is 3.51. The third-order valence-electron chi connectivity index (χ3n) is 6.80. The first-order valence-electron chi connectivity index (χ1n) is 11.5. The summed E-state index contributed by atoms with van der Waals surface area (Å²) in [6, 6.07) is 11.3. The molecular weight excluding hydrogens is 498 g/mol. The first-order chi connectivity index (χ1) is 16.2. The second-order valence-corrected chi connectivity index (χ2v) is 11.2. The van der Waals surface area contributed by atoms with Gasteiger partial charge in [0.05, 0.1) is 5.52 Å². The Balaban J connectivity index is 1.18. The van der Waals surface area contributed by atoms with Crippen molar-refractivity contribution in [1.82, 2.24) is 25.2 Å². The molecular formula is C25H28BrN5O3. The van der Waals surface area contributed by atoms with Crippen LogP contribution in [0.4, 0.5) is 0 Å². The predicted octanol–water partition coefficient (Wildman–Crippen LogP) is 3.63. The Kier molecular flexibility index (Phi) is 5.83. The molecule has 1 aromatic heterocycles. The van der Waals surface area contributed by atoms with Crippen LogP contribution in [-0.2, 0) is 10.2 Å². The van der Waals surface area contributed by atoms with Crippen LogP contribution in [0.15, 0.2) is 40.9 Å². The lowest BCUT2D eigenvalue weighted by atomic mass is 9.86. The van der Waals surface area contributed by atoms with E-state index in [-0.39, 0.29) is 23.8 Å². The van der Waals surface area contributed by atoms with Gasteiger partial charge >= 0.3 is 0 Å². The van der Waals surface area contributed by atoms with Crippen LogP contribution in [0.25, 0.3) is 11.0 Å². The molecule has 1 N–H and O–H groups in total. The number of halogens is 1. The summed E-state index contributed by atoms with van der Waals surface area (Å²) in [4.78, 5) is 29.7. The van der Waals surface area contributed by atoms with E-state index in [0.29, 0.717) is 49.1 Å². The Morgan fingerprint density at radius 1 is 1.06 bits per heavy atom. The van der Waals surface area contributed by atoms with Crippen LogP contribution >= 0.6 is 15.9 Å². The summed E-state index contributed by atoms with van der Waals surface area (Å²) in [6.07, 6.45) is 0. The largest absolute Gasteiger partial charge is 0.483 e. The zero-order chi connectivity index (χ0) is 24.0. The fourth-order valence-corrected chi connectivity index (χ4v) is 5.33. The highest BCUT2D eigenvalue weighted by atomic mass is 79.9. The molecule has 0 bridgehead atoms. The highest BCUT2D eigenvalue weighted by Gasteiger charge is 2.43. The number of likely N-dealkylation sites (tertiary alicyclic amines) is 2. The SMILES string of the molecule is CC(C)(C)c1cc(Br)ccc1OCC(=O)N1C[C@@H]2CN(C(=O)c3ccc4[nH]nnc4c3)C[C@H]2C1. The number of ether oxygens (including phenoxy) is 1. The third kappa shape index (κ3) is 4.41. The normalized spacial score (nSPS) is 20.1. The maximum absolute atomic E-state index is 13.0. The van der Waals surface area contributed by atoms with Gasteiger partial charge in [0.25, 0.3) is 11.8 Å². The zero-order valence-corrected chi connectivity index (χ0v) is 21.1. The number of aromatic nitrogens is 3. The second-order valence-electron chi connectivity index (χ2n) is 10.3. The summed E-state index contributed by atoms with van der Waals surface area (Å²) < 4.78 is 6.96. The summed E-state index contributed by atoms with van der Waals surface area (Å²) in [7, 11) is 0. The summed E-state index contributed by atoms with van der Waals surface area (Å²) in [5, 5.41) is 10.6. The molecule has 34 heavy (non-hydrogen) atoms. The number of benzene rings is 2. The van der Waals surface area contributed by atoms with Gasteiger partial charge in [0, 0.05) is 53.6 Å². The minimum Gasteiger partial charge on any atom is -0.483 e. The molecule has 3 heterocycles. The van der Waals surface area contributed by atoms with Gasteiger partial charge in [-0.3, -0.25) is 14.7 Å². The molecule has 0 radical (unpaired) electrons. The maximum Gasteiger partial charge on any atom is 0.260 e. The van der Waals surface area contributed by atoms with Crippen LogP contribution < -0.4 is 4.74 Å². The van der Waals surface area contributed by atoms with Crippen molar-refractivity contribution in [2.45, 2.75) is 26.2 Å². The van der Waals surface area contributed by atoms with Gasteiger partial charge in [-0.1, -0.05) is 41.9 Å². The zero-order valence-electron chi connectivity index (χ0n) is 19.5. The number of rotatable bonds is 4. The molecule has 0 aliphatic carbocycles. The molecule has 0 spiro atoms. The van der Waals surface area contributed by atoms with Crippen molar-refractivity contribution in [1.29, 1.82) is 0 Å². The molecule has 2 aliphatic rings. The van der Waals surface area contributed by atoms with Crippen molar-refractivity contribution in [2.75, 3.05) is 32.8 Å². The molecule has 2 atom stereocenters. The van der Waals surface area contributed by atoms with Crippen molar-refractivity contribution in [3.63, 3.8) is 0 Å². The van der Waals surface area contributed by atoms with Crippen LogP contribution in [-0.4, -0.2) is 69.8 Å². The molecule has 0 unspecified atom stereocenters. The van der Waals surface area contributed by atoms with E-state index in [9.17, 15) is 9.59 Å². The first-order valence-corrected chi connectivity index (χ1v) is 12.3. The van der Waals surface area contributed by atoms with Crippen molar-refractivity contribution in [2.24, 2.45) is 11.8 Å². The Hall–Kier alpha value is -2.94. The lowest BCUT2D eigenvalue weighted by Crippen LogP contribution is -2.37. The lowest BCUT2D eigenvalue weighted by molar-refractivity contribution is -0.132. The van der Waals surface area contributed by atoms with E-state index in [4.69, 9.17) is 4.74 Å². The minimum absolute atomic E-state index is 0.00505. The predicted molar refractivity (Wildman–Crippen MR) is 132 cm³/mol. The number of hydrogen-bond acceptors (Lipinski definition) is 5. The van der Waals surface area contributed by atoms with Crippen molar-refractivity contribution in [3.8, 4) is 5.75 Å². The number of carbonyl (C=O) groups is 2. The van der Waals surface area contributed by atoms with Crippen LogP contribution in [0.1, 0.15) is 36.7 Å². The lowest BCUT2D eigenvalue weighted by Gasteiger charge is -2.24. The van der Waals surface area contributed by atoms with E-state index < -0.39 is 0 Å². The van der Waals surface area contributed by atoms with E-state index in [0.717, 1.165) is 21.3 Å². The van der Waals surface area contributed by atoms with E-state index in [2.05, 4.69) is 52.1 Å². The summed E-state index contributed by atoms with van der Waals surface area (Å²) >= 11 is 3.52. The van der Waals surface area contributed by atoms with Crippen LogP contribution in [0.2, 0.25) is 0 Å². The first kappa shape index (κ1) is 22.8. The number of aromatic amines is 1. The monoisotopic (exact) mass is 525 g/mol. The van der Waals surface area contributed by atoms with Gasteiger partial charge in [-0.15, -0.1) is 5.10 Å². The van der Waals surface area contributed by atoms with Crippen molar-refractivity contribution >= 4 is 38.8 Å². The smallest absolute Gasteiger partial charge is 0.260 e. The number of amides is 2. The third-order valence-corrected chi connectivity index (χ3v) is 7.29. The highest BCUT2D eigenvalue weighted by Crippen LogP contribution is 2.35. The number of fused-ring (bicyclic) bond motifs is 2. The van der Waals surface area contributed by atoms with Gasteiger partial charge in [-0.05, 0) is 41.8 Å². The highest BCUT2D eigenvalue weighted by molar-refractivity contribution is 9.10. The van der Waals surface area contributed by atoms with E-state index in [1.807, 2.05) is 34.1 Å². The maximum atomic E-state index is 13.0. The molecule has 2 fully saturated rings. The van der Waals surface area contributed by atoms with E-state index in [1.54, 1.807) is 12.1 Å². The molecule has 5 rings (SSSR count). The Morgan fingerprint density at radius 3 is 2.47 bits per heavy atom. The molecule has 9 heteroatoms. The quantitative estimate of drug-likeness (QED) is 0.561. The van der Waals surface area contributed by atoms with Gasteiger partial charge in [0.1, 0.15) is 11.3 Å². The Morgan fingerprint density at radius 2 is 1.76 bits per heavy atom. The summed E-state index contributed by atoms with van der Waals surface area (Å²) in [6.45, 7) is 9.03. The van der Waals surface area contributed by atoms with Gasteiger partial charge < -0.3 is 14.5 Å². The fourth-order valence-electron chi connectivity index (χ4n) is 4.96. The number of nitrogens with one attached hydrogen (secondary N) is 1. The Labute approximate surface area is 206 Å². The molecule has 2 aliphatic heterocycles. The van der Waals surface area contributed by atoms with Gasteiger partial charge in [-0.2, -0.15) is 0 Å².